The first-order valence-electron chi connectivity index (χ1n) is 8.93. The number of carbonyl (C=O) groups excluding carboxylic acids is 1. The zero-order valence-corrected chi connectivity index (χ0v) is 14.3. The zero-order chi connectivity index (χ0) is 16.4. The van der Waals surface area contributed by atoms with Crippen molar-refractivity contribution in [3.8, 4) is 0 Å². The van der Waals surface area contributed by atoms with Gasteiger partial charge in [0.25, 0.3) is 5.91 Å². The van der Waals surface area contributed by atoms with E-state index < -0.39 is 0 Å². The molecule has 2 fully saturated rings. The molecule has 3 N–H and O–H groups in total. The van der Waals surface area contributed by atoms with Crippen molar-refractivity contribution in [2.45, 2.75) is 58.1 Å². The lowest BCUT2D eigenvalue weighted by Gasteiger charge is -2.26. The van der Waals surface area contributed by atoms with Crippen molar-refractivity contribution >= 4 is 5.91 Å². The molecule has 1 aliphatic carbocycles. The van der Waals surface area contributed by atoms with Gasteiger partial charge in [-0.1, -0.05) is 19.3 Å². The molecule has 5 nitrogen and oxygen atoms in total. The molecule has 3 rings (SSSR count). The van der Waals surface area contributed by atoms with Gasteiger partial charge in [-0.2, -0.15) is 0 Å². The van der Waals surface area contributed by atoms with Crippen molar-refractivity contribution < 1.29 is 9.90 Å². The highest BCUT2D eigenvalue weighted by Gasteiger charge is 2.26. The summed E-state index contributed by atoms with van der Waals surface area (Å²) in [7, 11) is 0. The zero-order valence-electron chi connectivity index (χ0n) is 14.3. The summed E-state index contributed by atoms with van der Waals surface area (Å²) in [6, 6.07) is 2.56. The predicted octanol–water partition coefficient (Wildman–Crippen LogP) is 1.92. The minimum absolute atomic E-state index is 0.0146. The molecule has 0 radical (unpaired) electrons. The summed E-state index contributed by atoms with van der Waals surface area (Å²) in [4.78, 5) is 12.6. The molecule has 1 saturated heterocycles. The van der Waals surface area contributed by atoms with Gasteiger partial charge in [-0.05, 0) is 32.8 Å². The fraction of sp³-hybridized carbons (Fsp3) is 0.722. The van der Waals surface area contributed by atoms with E-state index in [1.54, 1.807) is 0 Å². The second-order valence-electron chi connectivity index (χ2n) is 7.14. The van der Waals surface area contributed by atoms with Crippen molar-refractivity contribution in [2.75, 3.05) is 19.6 Å². The molecule has 1 aromatic rings. The second-order valence-corrected chi connectivity index (χ2v) is 7.14. The number of nitrogens with one attached hydrogen (secondary N) is 2. The molecule has 0 bridgehead atoms. The Morgan fingerprint density at radius 3 is 2.70 bits per heavy atom. The van der Waals surface area contributed by atoms with E-state index >= 15 is 0 Å². The number of aryl methyl sites for hydroxylation is 1. The van der Waals surface area contributed by atoms with Crippen LogP contribution in [0.25, 0.3) is 0 Å². The fourth-order valence-corrected chi connectivity index (χ4v) is 4.15. The largest absolute Gasteiger partial charge is 0.391 e. The molecule has 2 heterocycles. The molecule has 0 spiro atoms. The van der Waals surface area contributed by atoms with Gasteiger partial charge in [-0.25, -0.2) is 0 Å². The Hall–Kier alpha value is -1.33. The second kappa shape index (κ2) is 7.05. The molecule has 2 atom stereocenters. The Morgan fingerprint density at radius 1 is 1.30 bits per heavy atom. The number of amides is 1. The number of aliphatic hydroxyl groups excluding tert-OH is 1. The fourth-order valence-electron chi connectivity index (χ4n) is 4.15. The Labute approximate surface area is 138 Å². The average molecular weight is 319 g/mol. The Kier molecular flexibility index (Phi) is 5.07. The number of β-amino-alcohol motifs (C(OH)–C–C–N with tert-alkyl or cyclic N) is 1. The van der Waals surface area contributed by atoms with E-state index in [4.69, 9.17) is 0 Å². The number of hydrogen-bond donors (Lipinski definition) is 3. The summed E-state index contributed by atoms with van der Waals surface area (Å²) in [6.07, 6.45) is 5.99. The van der Waals surface area contributed by atoms with Gasteiger partial charge in [0.1, 0.15) is 0 Å². The predicted molar refractivity (Wildman–Crippen MR) is 90.7 cm³/mol. The highest BCUT2D eigenvalue weighted by Crippen LogP contribution is 2.32. The standard InChI is InChI=1S/C18H29N3O2/c1-12-8-16(13(2)21(12)15-6-4-3-5-7-15)18(23)20-10-14-9-19-11-17(14)22/h8,14-15,17,19,22H,3-7,9-11H2,1-2H3,(H,20,23). The van der Waals surface area contributed by atoms with E-state index in [0.29, 0.717) is 19.1 Å². The number of carbonyl (C=O) groups is 1. The topological polar surface area (TPSA) is 66.3 Å². The molecule has 2 aliphatic rings. The Balaban J connectivity index is 1.68. The quantitative estimate of drug-likeness (QED) is 0.794. The first-order chi connectivity index (χ1) is 11.1. The molecule has 1 aliphatic heterocycles. The number of aromatic nitrogens is 1. The van der Waals surface area contributed by atoms with Crippen LogP contribution in [0, 0.1) is 19.8 Å². The third-order valence-electron chi connectivity index (χ3n) is 5.50. The lowest BCUT2D eigenvalue weighted by Crippen LogP contribution is -2.34. The van der Waals surface area contributed by atoms with E-state index in [1.165, 1.54) is 37.8 Å². The summed E-state index contributed by atoms with van der Waals surface area (Å²) in [5.41, 5.74) is 3.05. The van der Waals surface area contributed by atoms with Crippen LogP contribution >= 0.6 is 0 Å². The lowest BCUT2D eigenvalue weighted by molar-refractivity contribution is 0.0926. The highest BCUT2D eigenvalue weighted by molar-refractivity contribution is 5.95. The van der Waals surface area contributed by atoms with Gasteiger partial charge >= 0.3 is 0 Å². The van der Waals surface area contributed by atoms with Gasteiger partial charge in [0, 0.05) is 43.0 Å². The maximum atomic E-state index is 12.6. The molecule has 23 heavy (non-hydrogen) atoms. The van der Waals surface area contributed by atoms with Crippen LogP contribution in [0.15, 0.2) is 6.07 Å². The molecule has 2 unspecified atom stereocenters. The molecule has 0 aromatic carbocycles. The number of rotatable bonds is 4. The number of aliphatic hydroxyl groups is 1. The van der Waals surface area contributed by atoms with Crippen LogP contribution in [0.5, 0.6) is 0 Å². The van der Waals surface area contributed by atoms with E-state index in [9.17, 15) is 9.90 Å². The third kappa shape index (κ3) is 3.45. The van der Waals surface area contributed by atoms with E-state index in [0.717, 1.165) is 17.8 Å². The maximum Gasteiger partial charge on any atom is 0.253 e. The molecule has 5 heteroatoms. The maximum absolute atomic E-state index is 12.6. The molecule has 128 valence electrons. The van der Waals surface area contributed by atoms with Crippen LogP contribution in [0.2, 0.25) is 0 Å². The van der Waals surface area contributed by atoms with Crippen LogP contribution in [-0.4, -0.2) is 41.3 Å². The normalized spacial score (nSPS) is 25.7. The van der Waals surface area contributed by atoms with E-state index in [1.807, 2.05) is 6.07 Å². The summed E-state index contributed by atoms with van der Waals surface area (Å²) in [6.45, 7) is 6.07. The highest BCUT2D eigenvalue weighted by atomic mass is 16.3. The summed E-state index contributed by atoms with van der Waals surface area (Å²) in [5, 5.41) is 16.0. The number of nitrogens with zero attached hydrogens (tertiary/aromatic N) is 1. The molecular formula is C18H29N3O2. The summed E-state index contributed by atoms with van der Waals surface area (Å²) in [5.74, 6) is 0.0973. The SMILES string of the molecule is Cc1cc(C(=O)NCC2CNCC2O)c(C)n1C1CCCCC1. The van der Waals surface area contributed by atoms with Gasteiger partial charge in [0.05, 0.1) is 11.7 Å². The van der Waals surface area contributed by atoms with Gasteiger partial charge in [-0.15, -0.1) is 0 Å². The van der Waals surface area contributed by atoms with Crippen LogP contribution < -0.4 is 10.6 Å². The smallest absolute Gasteiger partial charge is 0.253 e. The van der Waals surface area contributed by atoms with E-state index in [2.05, 4.69) is 29.0 Å². The number of hydrogen-bond acceptors (Lipinski definition) is 3. The summed E-state index contributed by atoms with van der Waals surface area (Å²) < 4.78 is 2.36. The first kappa shape index (κ1) is 16.5. The summed E-state index contributed by atoms with van der Waals surface area (Å²) >= 11 is 0. The minimum atomic E-state index is -0.357. The van der Waals surface area contributed by atoms with Crippen molar-refractivity contribution in [3.05, 3.63) is 23.0 Å². The molecule has 1 amide bonds. The first-order valence-corrected chi connectivity index (χ1v) is 8.93. The van der Waals surface area contributed by atoms with Gasteiger partial charge < -0.3 is 20.3 Å². The third-order valence-corrected chi connectivity index (χ3v) is 5.50. The van der Waals surface area contributed by atoms with E-state index in [-0.39, 0.29) is 17.9 Å². The Morgan fingerprint density at radius 2 is 2.04 bits per heavy atom. The molecule has 1 aromatic heterocycles. The Bertz CT molecular complexity index is 561. The van der Waals surface area contributed by atoms with Gasteiger partial charge in [0.2, 0.25) is 0 Å². The van der Waals surface area contributed by atoms with Crippen molar-refractivity contribution in [1.29, 1.82) is 0 Å². The average Bonchev–Trinajstić information content (AvgIpc) is 3.09. The van der Waals surface area contributed by atoms with Crippen molar-refractivity contribution in [3.63, 3.8) is 0 Å². The van der Waals surface area contributed by atoms with Gasteiger partial charge in [-0.3, -0.25) is 4.79 Å². The van der Waals surface area contributed by atoms with Crippen molar-refractivity contribution in [2.24, 2.45) is 5.92 Å². The van der Waals surface area contributed by atoms with Crippen LogP contribution in [-0.2, 0) is 0 Å². The molecule has 1 saturated carbocycles. The van der Waals surface area contributed by atoms with Crippen LogP contribution in [0.1, 0.15) is 59.9 Å². The minimum Gasteiger partial charge on any atom is -0.391 e. The monoisotopic (exact) mass is 319 g/mol. The van der Waals surface area contributed by atoms with Crippen LogP contribution in [0.3, 0.4) is 0 Å². The van der Waals surface area contributed by atoms with Crippen molar-refractivity contribution in [1.82, 2.24) is 15.2 Å². The molecular weight excluding hydrogens is 290 g/mol. The lowest BCUT2D eigenvalue weighted by atomic mass is 9.95. The van der Waals surface area contributed by atoms with Gasteiger partial charge in [0.15, 0.2) is 0 Å². The van der Waals surface area contributed by atoms with Crippen LogP contribution in [0.4, 0.5) is 0 Å².